The van der Waals surface area contributed by atoms with Crippen LogP contribution in [-0.4, -0.2) is 30.1 Å². The van der Waals surface area contributed by atoms with E-state index in [-0.39, 0.29) is 25.0 Å². The molecule has 0 atom stereocenters. The molecule has 0 aliphatic heterocycles. The molecular formula is C18H22N2O4. The summed E-state index contributed by atoms with van der Waals surface area (Å²) in [7, 11) is 0. The minimum atomic E-state index is -0.321. The van der Waals surface area contributed by atoms with E-state index in [2.05, 4.69) is 5.32 Å². The number of amides is 2. The Hall–Kier alpha value is -2.76. The van der Waals surface area contributed by atoms with Crippen LogP contribution in [0.5, 0.6) is 0 Å². The smallest absolute Gasteiger partial charge is 0.318 e. The van der Waals surface area contributed by atoms with E-state index in [0.29, 0.717) is 25.5 Å². The lowest BCUT2D eigenvalue weighted by atomic mass is 10.2. The first-order valence-electron chi connectivity index (χ1n) is 7.93. The number of furan rings is 1. The standard InChI is InChI=1S/C18H22N2O4/c1-2-23-17(21)10-11-20(14-16-9-6-12-24-16)18(22)19-13-15-7-4-3-5-8-15/h3-9,12H,2,10-11,13-14H2,1H3,(H,19,22). The van der Waals surface area contributed by atoms with Gasteiger partial charge in [-0.25, -0.2) is 4.79 Å². The van der Waals surface area contributed by atoms with Crippen LogP contribution in [0.3, 0.4) is 0 Å². The third-order valence-corrected chi connectivity index (χ3v) is 3.39. The van der Waals surface area contributed by atoms with E-state index in [0.717, 1.165) is 5.56 Å². The zero-order chi connectivity index (χ0) is 17.2. The summed E-state index contributed by atoms with van der Waals surface area (Å²) in [5.74, 6) is 0.339. The molecule has 2 aromatic rings. The normalized spacial score (nSPS) is 10.2. The van der Waals surface area contributed by atoms with Gasteiger partial charge in [0.05, 0.1) is 25.8 Å². The van der Waals surface area contributed by atoms with Crippen LogP contribution in [0, 0.1) is 0 Å². The van der Waals surface area contributed by atoms with Gasteiger partial charge in [-0.3, -0.25) is 4.79 Å². The Kier molecular flexibility index (Phi) is 6.89. The van der Waals surface area contributed by atoms with E-state index in [4.69, 9.17) is 9.15 Å². The summed E-state index contributed by atoms with van der Waals surface area (Å²) in [6.07, 6.45) is 1.70. The van der Waals surface area contributed by atoms with Crippen LogP contribution >= 0.6 is 0 Å². The van der Waals surface area contributed by atoms with Crippen LogP contribution in [0.2, 0.25) is 0 Å². The number of urea groups is 1. The lowest BCUT2D eigenvalue weighted by Crippen LogP contribution is -2.40. The van der Waals surface area contributed by atoms with Crippen LogP contribution in [0.4, 0.5) is 4.79 Å². The summed E-state index contributed by atoms with van der Waals surface area (Å²) < 4.78 is 10.2. The van der Waals surface area contributed by atoms with Crippen molar-refractivity contribution >= 4 is 12.0 Å². The second-order valence-electron chi connectivity index (χ2n) is 5.20. The highest BCUT2D eigenvalue weighted by Gasteiger charge is 2.17. The predicted octanol–water partition coefficient (Wildman–Crippen LogP) is 2.94. The van der Waals surface area contributed by atoms with Crippen molar-refractivity contribution < 1.29 is 18.7 Å². The molecule has 0 spiro atoms. The molecule has 0 aliphatic carbocycles. The largest absolute Gasteiger partial charge is 0.467 e. The highest BCUT2D eigenvalue weighted by Crippen LogP contribution is 2.07. The topological polar surface area (TPSA) is 71.8 Å². The third-order valence-electron chi connectivity index (χ3n) is 3.39. The van der Waals surface area contributed by atoms with Crippen molar-refractivity contribution in [1.29, 1.82) is 0 Å². The Labute approximate surface area is 141 Å². The molecule has 24 heavy (non-hydrogen) atoms. The number of rotatable bonds is 8. The molecule has 0 aliphatic rings. The van der Waals surface area contributed by atoms with Crippen molar-refractivity contribution in [2.75, 3.05) is 13.2 Å². The number of hydrogen-bond donors (Lipinski definition) is 1. The van der Waals surface area contributed by atoms with Gasteiger partial charge in [0.25, 0.3) is 0 Å². The summed E-state index contributed by atoms with van der Waals surface area (Å²) in [5.41, 5.74) is 1.01. The van der Waals surface area contributed by atoms with Crippen molar-refractivity contribution in [3.8, 4) is 0 Å². The molecule has 6 heteroatoms. The molecule has 0 unspecified atom stereocenters. The maximum atomic E-state index is 12.4. The van der Waals surface area contributed by atoms with Gasteiger partial charge in [-0.05, 0) is 24.6 Å². The van der Waals surface area contributed by atoms with Gasteiger partial charge in [0.2, 0.25) is 0 Å². The summed E-state index contributed by atoms with van der Waals surface area (Å²) in [6.45, 7) is 3.07. The number of carbonyl (C=O) groups is 2. The van der Waals surface area contributed by atoms with Gasteiger partial charge >= 0.3 is 12.0 Å². The second kappa shape index (κ2) is 9.39. The fraction of sp³-hybridized carbons (Fsp3) is 0.333. The van der Waals surface area contributed by atoms with Gasteiger partial charge in [-0.15, -0.1) is 0 Å². The summed E-state index contributed by atoms with van der Waals surface area (Å²) in [6, 6.07) is 13.0. The second-order valence-corrected chi connectivity index (χ2v) is 5.20. The molecule has 0 saturated carbocycles. The fourth-order valence-electron chi connectivity index (χ4n) is 2.19. The predicted molar refractivity (Wildman–Crippen MR) is 89.0 cm³/mol. The van der Waals surface area contributed by atoms with Crippen LogP contribution in [-0.2, 0) is 22.6 Å². The molecule has 1 heterocycles. The van der Waals surface area contributed by atoms with Crippen LogP contribution in [0.15, 0.2) is 53.1 Å². The van der Waals surface area contributed by atoms with Gasteiger partial charge in [-0.2, -0.15) is 0 Å². The Morgan fingerprint density at radius 2 is 1.96 bits per heavy atom. The number of hydrogen-bond acceptors (Lipinski definition) is 4. The highest BCUT2D eigenvalue weighted by atomic mass is 16.5. The molecule has 6 nitrogen and oxygen atoms in total. The van der Waals surface area contributed by atoms with Gasteiger partial charge in [0, 0.05) is 13.1 Å². The van der Waals surface area contributed by atoms with E-state index in [1.165, 1.54) is 0 Å². The minimum absolute atomic E-state index is 0.146. The monoisotopic (exact) mass is 330 g/mol. The maximum absolute atomic E-state index is 12.4. The molecule has 1 aromatic heterocycles. The average molecular weight is 330 g/mol. The first-order valence-corrected chi connectivity index (χ1v) is 7.93. The molecule has 0 radical (unpaired) electrons. The Morgan fingerprint density at radius 1 is 1.17 bits per heavy atom. The van der Waals surface area contributed by atoms with Crippen molar-refractivity contribution in [2.45, 2.75) is 26.4 Å². The number of esters is 1. The summed E-state index contributed by atoms with van der Waals surface area (Å²) >= 11 is 0. The van der Waals surface area contributed by atoms with E-state index >= 15 is 0 Å². The van der Waals surface area contributed by atoms with Crippen molar-refractivity contribution in [3.05, 3.63) is 60.1 Å². The Morgan fingerprint density at radius 3 is 2.62 bits per heavy atom. The molecule has 0 bridgehead atoms. The first-order chi connectivity index (χ1) is 11.7. The molecule has 0 fully saturated rings. The van der Waals surface area contributed by atoms with E-state index in [1.54, 1.807) is 30.2 Å². The van der Waals surface area contributed by atoms with Crippen LogP contribution in [0.25, 0.3) is 0 Å². The third kappa shape index (κ3) is 5.79. The van der Waals surface area contributed by atoms with Gasteiger partial charge in [-0.1, -0.05) is 30.3 Å². The maximum Gasteiger partial charge on any atom is 0.318 e. The first kappa shape index (κ1) is 17.6. The van der Waals surface area contributed by atoms with Crippen LogP contribution < -0.4 is 5.32 Å². The van der Waals surface area contributed by atoms with Crippen molar-refractivity contribution in [1.82, 2.24) is 10.2 Å². The molecule has 2 rings (SSSR count). The highest BCUT2D eigenvalue weighted by molar-refractivity contribution is 5.75. The molecular weight excluding hydrogens is 308 g/mol. The van der Waals surface area contributed by atoms with Crippen molar-refractivity contribution in [2.24, 2.45) is 0 Å². The number of nitrogens with one attached hydrogen (secondary N) is 1. The lowest BCUT2D eigenvalue weighted by molar-refractivity contribution is -0.143. The SMILES string of the molecule is CCOC(=O)CCN(Cc1ccco1)C(=O)NCc1ccccc1. The summed E-state index contributed by atoms with van der Waals surface area (Å²) in [4.78, 5) is 25.5. The zero-order valence-electron chi connectivity index (χ0n) is 13.7. The Balaban J connectivity index is 1.92. The fourth-order valence-corrected chi connectivity index (χ4v) is 2.19. The molecule has 2 amide bonds. The molecule has 1 aromatic carbocycles. The average Bonchev–Trinajstić information content (AvgIpc) is 3.11. The van der Waals surface area contributed by atoms with Gasteiger partial charge in [0.15, 0.2) is 0 Å². The van der Waals surface area contributed by atoms with Gasteiger partial charge < -0.3 is 19.4 Å². The number of nitrogens with zero attached hydrogens (tertiary/aromatic N) is 1. The van der Waals surface area contributed by atoms with Crippen molar-refractivity contribution in [3.63, 3.8) is 0 Å². The van der Waals surface area contributed by atoms with E-state index in [9.17, 15) is 9.59 Å². The van der Waals surface area contributed by atoms with E-state index in [1.807, 2.05) is 30.3 Å². The Bertz CT molecular complexity index is 626. The molecule has 128 valence electrons. The quantitative estimate of drug-likeness (QED) is 0.755. The number of carbonyl (C=O) groups excluding carboxylic acids is 2. The van der Waals surface area contributed by atoms with Gasteiger partial charge in [0.1, 0.15) is 5.76 Å². The number of ether oxygens (including phenoxy) is 1. The van der Waals surface area contributed by atoms with E-state index < -0.39 is 0 Å². The minimum Gasteiger partial charge on any atom is -0.467 e. The lowest BCUT2D eigenvalue weighted by Gasteiger charge is -2.22. The molecule has 1 N–H and O–H groups in total. The summed E-state index contributed by atoms with van der Waals surface area (Å²) in [5, 5.41) is 2.86. The zero-order valence-corrected chi connectivity index (χ0v) is 13.7. The number of benzene rings is 1. The van der Waals surface area contributed by atoms with Crippen LogP contribution in [0.1, 0.15) is 24.7 Å². The molecule has 0 saturated heterocycles.